The van der Waals surface area contributed by atoms with E-state index < -0.39 is 30.8 Å². The summed E-state index contributed by atoms with van der Waals surface area (Å²) in [6.07, 6.45) is -12.1. The smallest absolute Gasteiger partial charge is 0.351 e. The predicted octanol–water partition coefficient (Wildman–Crippen LogP) is 1.89. The number of ether oxygens (including phenoxy) is 1. The van der Waals surface area contributed by atoms with Crippen LogP contribution in [0.3, 0.4) is 0 Å². The number of halogens is 7. The summed E-state index contributed by atoms with van der Waals surface area (Å²) < 4.78 is 85.6. The lowest BCUT2D eigenvalue weighted by atomic mass is 10.2. The standard InChI is InChI=1S/C6H6F7NO2/c1-2-14-3(15)4(7,5(8,9)10)16-6(11,12)13/h2H2,1H3,(H,14,15). The summed E-state index contributed by atoms with van der Waals surface area (Å²) in [6.45, 7) is 0.615. The molecule has 0 heterocycles. The van der Waals surface area contributed by atoms with Gasteiger partial charge in [-0.1, -0.05) is 0 Å². The molecule has 0 saturated carbocycles. The summed E-state index contributed by atoms with van der Waals surface area (Å²) in [7, 11) is 0. The zero-order valence-corrected chi connectivity index (χ0v) is 7.67. The van der Waals surface area contributed by atoms with Crippen LogP contribution in [0, 0.1) is 0 Å². The number of likely N-dealkylation sites (N-methyl/N-ethyl adjacent to an activating group) is 1. The van der Waals surface area contributed by atoms with Crippen LogP contribution < -0.4 is 5.32 Å². The molecule has 1 amide bonds. The third-order valence-electron chi connectivity index (χ3n) is 1.25. The van der Waals surface area contributed by atoms with Crippen molar-refractivity contribution < 1.29 is 40.3 Å². The number of rotatable bonds is 3. The molecule has 0 spiro atoms. The number of hydrogen-bond donors (Lipinski definition) is 1. The minimum Gasteiger partial charge on any atom is -0.351 e. The van der Waals surface area contributed by atoms with Crippen LogP contribution in [-0.4, -0.2) is 30.8 Å². The summed E-state index contributed by atoms with van der Waals surface area (Å²) in [5.74, 6) is -8.00. The summed E-state index contributed by atoms with van der Waals surface area (Å²) in [5.41, 5.74) is 0. The maximum Gasteiger partial charge on any atom is 0.525 e. The number of hydrogen-bond acceptors (Lipinski definition) is 2. The topological polar surface area (TPSA) is 38.3 Å². The molecule has 0 saturated heterocycles. The van der Waals surface area contributed by atoms with Gasteiger partial charge < -0.3 is 5.32 Å². The Hall–Kier alpha value is -1.06. The number of nitrogens with one attached hydrogen (secondary N) is 1. The molecule has 0 aliphatic carbocycles. The highest BCUT2D eigenvalue weighted by Crippen LogP contribution is 2.39. The molecule has 0 fully saturated rings. The van der Waals surface area contributed by atoms with Crippen LogP contribution >= 0.6 is 0 Å². The van der Waals surface area contributed by atoms with Crippen molar-refractivity contribution in [3.63, 3.8) is 0 Å². The molecule has 0 rings (SSSR count). The lowest BCUT2D eigenvalue weighted by molar-refractivity contribution is -0.432. The third kappa shape index (κ3) is 3.51. The molecule has 0 aliphatic rings. The van der Waals surface area contributed by atoms with Gasteiger partial charge in [0.1, 0.15) is 0 Å². The summed E-state index contributed by atoms with van der Waals surface area (Å²) >= 11 is 0. The van der Waals surface area contributed by atoms with E-state index in [2.05, 4.69) is 4.74 Å². The van der Waals surface area contributed by atoms with Gasteiger partial charge in [-0.3, -0.25) is 4.79 Å². The van der Waals surface area contributed by atoms with Gasteiger partial charge in [0.25, 0.3) is 5.91 Å². The summed E-state index contributed by atoms with van der Waals surface area (Å²) in [6, 6.07) is 0. The molecule has 3 nitrogen and oxygen atoms in total. The van der Waals surface area contributed by atoms with E-state index in [1.54, 1.807) is 0 Å². The lowest BCUT2D eigenvalue weighted by Gasteiger charge is -2.26. The van der Waals surface area contributed by atoms with Crippen molar-refractivity contribution in [1.82, 2.24) is 5.32 Å². The van der Waals surface area contributed by atoms with Crippen LogP contribution in [0.25, 0.3) is 0 Å². The van der Waals surface area contributed by atoms with Crippen molar-refractivity contribution >= 4 is 5.91 Å². The Labute approximate surface area is 84.5 Å². The highest BCUT2D eigenvalue weighted by molar-refractivity contribution is 5.84. The molecule has 0 aromatic rings. The zero-order valence-electron chi connectivity index (χ0n) is 7.67. The second-order valence-corrected chi connectivity index (χ2v) is 2.50. The van der Waals surface area contributed by atoms with Crippen molar-refractivity contribution in [2.75, 3.05) is 6.54 Å². The predicted molar refractivity (Wildman–Crippen MR) is 35.7 cm³/mol. The molecule has 96 valence electrons. The van der Waals surface area contributed by atoms with Gasteiger partial charge in [-0.05, 0) is 6.92 Å². The Morgan fingerprint density at radius 2 is 1.56 bits per heavy atom. The first kappa shape index (κ1) is 14.9. The molecule has 0 bridgehead atoms. The first-order valence-electron chi connectivity index (χ1n) is 3.75. The van der Waals surface area contributed by atoms with Gasteiger partial charge in [0.15, 0.2) is 0 Å². The first-order chi connectivity index (χ1) is 6.94. The number of carbonyl (C=O) groups is 1. The van der Waals surface area contributed by atoms with E-state index in [0.717, 1.165) is 6.92 Å². The van der Waals surface area contributed by atoms with E-state index in [4.69, 9.17) is 0 Å². The normalized spacial score (nSPS) is 16.8. The molecule has 0 radical (unpaired) electrons. The molecule has 1 atom stereocenters. The highest BCUT2D eigenvalue weighted by Gasteiger charge is 2.67. The Kier molecular flexibility index (Phi) is 4.14. The van der Waals surface area contributed by atoms with Crippen molar-refractivity contribution in [2.24, 2.45) is 0 Å². The summed E-state index contributed by atoms with van der Waals surface area (Å²) in [5, 5.41) is 1.26. The van der Waals surface area contributed by atoms with Crippen LogP contribution in [0.15, 0.2) is 0 Å². The average molecular weight is 257 g/mol. The maximum atomic E-state index is 12.9. The number of carbonyl (C=O) groups excluding carboxylic acids is 1. The Bertz CT molecular complexity index is 261. The van der Waals surface area contributed by atoms with Crippen LogP contribution in [0.2, 0.25) is 0 Å². The molecule has 1 N–H and O–H groups in total. The van der Waals surface area contributed by atoms with E-state index in [9.17, 15) is 35.5 Å². The van der Waals surface area contributed by atoms with Crippen LogP contribution in [0.5, 0.6) is 0 Å². The molecule has 1 unspecified atom stereocenters. The highest BCUT2D eigenvalue weighted by atomic mass is 19.4. The second kappa shape index (κ2) is 4.44. The molecule has 0 aromatic carbocycles. The van der Waals surface area contributed by atoms with Gasteiger partial charge in [0, 0.05) is 6.54 Å². The molecule has 16 heavy (non-hydrogen) atoms. The fraction of sp³-hybridized carbons (Fsp3) is 0.833. The fourth-order valence-electron chi connectivity index (χ4n) is 0.667. The average Bonchev–Trinajstić information content (AvgIpc) is 1.99. The SMILES string of the molecule is CCNC(=O)C(F)(OC(F)(F)F)C(F)(F)F. The second-order valence-electron chi connectivity index (χ2n) is 2.50. The lowest BCUT2D eigenvalue weighted by Crippen LogP contribution is -2.57. The number of amides is 1. The molecule has 0 aromatic heterocycles. The van der Waals surface area contributed by atoms with Gasteiger partial charge in [-0.2, -0.15) is 17.6 Å². The van der Waals surface area contributed by atoms with Gasteiger partial charge in [0.05, 0.1) is 0 Å². The van der Waals surface area contributed by atoms with Gasteiger partial charge in [-0.15, -0.1) is 13.2 Å². The van der Waals surface area contributed by atoms with Crippen LogP contribution in [0.4, 0.5) is 30.7 Å². The minimum absolute atomic E-state index is 0.484. The van der Waals surface area contributed by atoms with E-state index in [1.807, 2.05) is 0 Å². The van der Waals surface area contributed by atoms with E-state index in [0.29, 0.717) is 0 Å². The zero-order chi connectivity index (χ0) is 13.2. The summed E-state index contributed by atoms with van der Waals surface area (Å²) in [4.78, 5) is 10.6. The molecule has 10 heteroatoms. The maximum absolute atomic E-state index is 12.9. The van der Waals surface area contributed by atoms with Crippen molar-refractivity contribution in [3.05, 3.63) is 0 Å². The van der Waals surface area contributed by atoms with Crippen LogP contribution in [-0.2, 0) is 9.53 Å². The Morgan fingerprint density at radius 1 is 1.12 bits per heavy atom. The molecule has 0 aliphatic heterocycles. The fourth-order valence-corrected chi connectivity index (χ4v) is 0.667. The third-order valence-corrected chi connectivity index (χ3v) is 1.25. The molecular formula is C6H6F7NO2. The van der Waals surface area contributed by atoms with Gasteiger partial charge in [-0.25, -0.2) is 4.74 Å². The Balaban J connectivity index is 5.13. The van der Waals surface area contributed by atoms with E-state index >= 15 is 0 Å². The minimum atomic E-state index is -6.14. The van der Waals surface area contributed by atoms with Crippen molar-refractivity contribution in [3.8, 4) is 0 Å². The van der Waals surface area contributed by atoms with E-state index in [1.165, 1.54) is 5.32 Å². The van der Waals surface area contributed by atoms with E-state index in [-0.39, 0.29) is 0 Å². The number of alkyl halides is 7. The largest absolute Gasteiger partial charge is 0.525 e. The van der Waals surface area contributed by atoms with Crippen LogP contribution in [0.1, 0.15) is 6.92 Å². The van der Waals surface area contributed by atoms with Crippen molar-refractivity contribution in [2.45, 2.75) is 25.3 Å². The molecular weight excluding hydrogens is 251 g/mol. The monoisotopic (exact) mass is 257 g/mol. The quantitative estimate of drug-likeness (QED) is 0.784. The first-order valence-corrected chi connectivity index (χ1v) is 3.75. The Morgan fingerprint density at radius 3 is 1.81 bits per heavy atom. The van der Waals surface area contributed by atoms with Crippen molar-refractivity contribution in [1.29, 1.82) is 0 Å². The van der Waals surface area contributed by atoms with Gasteiger partial charge in [0.2, 0.25) is 0 Å². The van der Waals surface area contributed by atoms with Gasteiger partial charge >= 0.3 is 18.4 Å².